The third-order valence-electron chi connectivity index (χ3n) is 4.15. The second-order valence-corrected chi connectivity index (χ2v) is 6.33. The lowest BCUT2D eigenvalue weighted by molar-refractivity contribution is 0.0134. The molecule has 1 saturated heterocycles. The average molecular weight is 256 g/mol. The van der Waals surface area contributed by atoms with Crippen LogP contribution in [0.2, 0.25) is 0 Å². The maximum atomic E-state index is 6.09. The average Bonchev–Trinajstić information content (AvgIpc) is 2.31. The summed E-state index contributed by atoms with van der Waals surface area (Å²) >= 11 is 0. The first-order valence-corrected chi connectivity index (χ1v) is 7.37. The first-order valence-electron chi connectivity index (χ1n) is 7.37. The molecular weight excluding hydrogens is 224 g/mol. The summed E-state index contributed by atoms with van der Waals surface area (Å²) in [7, 11) is 0. The molecule has 4 nitrogen and oxygen atoms in total. The summed E-state index contributed by atoms with van der Waals surface area (Å²) < 4.78 is 0. The van der Waals surface area contributed by atoms with Crippen molar-refractivity contribution in [3.63, 3.8) is 0 Å². The van der Waals surface area contributed by atoms with Gasteiger partial charge in [-0.15, -0.1) is 0 Å². The van der Waals surface area contributed by atoms with Crippen LogP contribution >= 0.6 is 0 Å². The minimum absolute atomic E-state index is 0.207. The van der Waals surface area contributed by atoms with Crippen molar-refractivity contribution in [1.82, 2.24) is 9.80 Å². The summed E-state index contributed by atoms with van der Waals surface area (Å²) in [5.41, 5.74) is 12.3. The van der Waals surface area contributed by atoms with Crippen molar-refractivity contribution in [3.8, 4) is 0 Å². The van der Waals surface area contributed by atoms with Gasteiger partial charge in [0.1, 0.15) is 0 Å². The predicted molar refractivity (Wildman–Crippen MR) is 78.6 cm³/mol. The summed E-state index contributed by atoms with van der Waals surface area (Å²) in [5, 5.41) is 0. The highest BCUT2D eigenvalue weighted by atomic mass is 15.3. The zero-order chi connectivity index (χ0) is 13.8. The Morgan fingerprint density at radius 3 is 2.06 bits per heavy atom. The van der Waals surface area contributed by atoms with Crippen molar-refractivity contribution in [2.75, 3.05) is 32.7 Å². The van der Waals surface area contributed by atoms with Gasteiger partial charge in [0.05, 0.1) is 0 Å². The van der Waals surface area contributed by atoms with E-state index in [0.717, 1.165) is 45.6 Å². The van der Waals surface area contributed by atoms with Crippen molar-refractivity contribution >= 4 is 0 Å². The molecule has 2 unspecified atom stereocenters. The normalized spacial score (nSPS) is 25.0. The Bertz CT molecular complexity index is 242. The molecule has 0 aromatic carbocycles. The predicted octanol–water partition coefficient (Wildman–Crippen LogP) is 0.857. The second kappa shape index (κ2) is 6.85. The van der Waals surface area contributed by atoms with Crippen LogP contribution in [0.1, 0.15) is 40.5 Å². The number of nitrogens with two attached hydrogens (primary N) is 2. The van der Waals surface area contributed by atoms with Gasteiger partial charge < -0.3 is 11.5 Å². The van der Waals surface area contributed by atoms with E-state index in [1.54, 1.807) is 0 Å². The van der Waals surface area contributed by atoms with Gasteiger partial charge in [0.15, 0.2) is 0 Å². The molecule has 1 rings (SSSR count). The van der Waals surface area contributed by atoms with Crippen LogP contribution < -0.4 is 11.5 Å². The van der Waals surface area contributed by atoms with Gasteiger partial charge in [-0.25, -0.2) is 0 Å². The molecule has 0 saturated carbocycles. The van der Waals surface area contributed by atoms with E-state index in [1.807, 2.05) is 0 Å². The number of nitrogens with zero attached hydrogens (tertiary/aromatic N) is 2. The zero-order valence-electron chi connectivity index (χ0n) is 12.7. The molecule has 0 radical (unpaired) electrons. The highest BCUT2D eigenvalue weighted by Crippen LogP contribution is 2.21. The molecule has 2 atom stereocenters. The Morgan fingerprint density at radius 2 is 1.56 bits per heavy atom. The van der Waals surface area contributed by atoms with E-state index in [2.05, 4.69) is 37.5 Å². The van der Waals surface area contributed by atoms with Crippen molar-refractivity contribution in [2.24, 2.45) is 11.5 Å². The molecule has 1 aliphatic rings. The summed E-state index contributed by atoms with van der Waals surface area (Å²) in [6.45, 7) is 14.3. The lowest BCUT2D eigenvalue weighted by atomic mass is 9.97. The van der Waals surface area contributed by atoms with Crippen molar-refractivity contribution in [2.45, 2.75) is 58.2 Å². The molecule has 0 spiro atoms. The largest absolute Gasteiger partial charge is 0.327 e. The molecule has 0 amide bonds. The lowest BCUT2D eigenvalue weighted by Crippen LogP contribution is -2.62. The van der Waals surface area contributed by atoms with Gasteiger partial charge in [-0.2, -0.15) is 0 Å². The monoisotopic (exact) mass is 256 g/mol. The summed E-state index contributed by atoms with van der Waals surface area (Å²) in [5.74, 6) is 0. The lowest BCUT2D eigenvalue weighted by Gasteiger charge is -2.48. The molecule has 0 aromatic heterocycles. The molecule has 1 fully saturated rings. The molecule has 1 heterocycles. The zero-order valence-corrected chi connectivity index (χ0v) is 12.7. The highest BCUT2D eigenvalue weighted by molar-refractivity contribution is 4.92. The van der Waals surface area contributed by atoms with Gasteiger partial charge in [0.25, 0.3) is 0 Å². The molecule has 1 aliphatic heterocycles. The van der Waals surface area contributed by atoms with E-state index in [1.165, 1.54) is 0 Å². The van der Waals surface area contributed by atoms with Crippen LogP contribution in [-0.4, -0.2) is 60.1 Å². The number of piperazine rings is 1. The fourth-order valence-corrected chi connectivity index (χ4v) is 2.66. The van der Waals surface area contributed by atoms with Gasteiger partial charge in [0.2, 0.25) is 0 Å². The number of hydrogen-bond acceptors (Lipinski definition) is 4. The van der Waals surface area contributed by atoms with E-state index in [9.17, 15) is 0 Å². The van der Waals surface area contributed by atoms with Gasteiger partial charge >= 0.3 is 0 Å². The molecule has 0 bridgehead atoms. The fourth-order valence-electron chi connectivity index (χ4n) is 2.66. The van der Waals surface area contributed by atoms with Crippen LogP contribution in [0.25, 0.3) is 0 Å². The molecule has 4 heteroatoms. The van der Waals surface area contributed by atoms with Crippen molar-refractivity contribution in [3.05, 3.63) is 0 Å². The van der Waals surface area contributed by atoms with Crippen LogP contribution in [0.15, 0.2) is 0 Å². The van der Waals surface area contributed by atoms with E-state index in [0.29, 0.717) is 12.1 Å². The minimum Gasteiger partial charge on any atom is -0.327 e. The van der Waals surface area contributed by atoms with Crippen LogP contribution in [0.5, 0.6) is 0 Å². The van der Waals surface area contributed by atoms with Crippen LogP contribution in [-0.2, 0) is 0 Å². The molecule has 0 aromatic rings. The maximum absolute atomic E-state index is 6.09. The highest BCUT2D eigenvalue weighted by Gasteiger charge is 2.34. The maximum Gasteiger partial charge on any atom is 0.0281 e. The third-order valence-corrected chi connectivity index (χ3v) is 4.15. The Kier molecular flexibility index (Phi) is 6.05. The Morgan fingerprint density at radius 1 is 1.00 bits per heavy atom. The van der Waals surface area contributed by atoms with Gasteiger partial charge in [-0.05, 0) is 26.7 Å². The van der Waals surface area contributed by atoms with Gasteiger partial charge in [-0.1, -0.05) is 13.8 Å². The fraction of sp³-hybridized carbons (Fsp3) is 1.00. The quantitative estimate of drug-likeness (QED) is 0.740. The van der Waals surface area contributed by atoms with Crippen LogP contribution in [0.3, 0.4) is 0 Å². The summed E-state index contributed by atoms with van der Waals surface area (Å²) in [6, 6.07) is 0.610. The van der Waals surface area contributed by atoms with Crippen LogP contribution in [0.4, 0.5) is 0 Å². The van der Waals surface area contributed by atoms with Crippen LogP contribution in [0, 0.1) is 0 Å². The molecular formula is C14H32N4. The SMILES string of the molecule is CCC(N)CN1CCN(CC(N)CC)C(C)(C)C1. The van der Waals surface area contributed by atoms with E-state index in [-0.39, 0.29) is 5.54 Å². The van der Waals surface area contributed by atoms with Gasteiger partial charge in [0, 0.05) is 50.3 Å². The van der Waals surface area contributed by atoms with Crippen molar-refractivity contribution < 1.29 is 0 Å². The topological polar surface area (TPSA) is 58.5 Å². The first kappa shape index (κ1) is 15.9. The van der Waals surface area contributed by atoms with E-state index in [4.69, 9.17) is 11.5 Å². The Hall–Kier alpha value is -0.160. The van der Waals surface area contributed by atoms with Gasteiger partial charge in [-0.3, -0.25) is 9.80 Å². The van der Waals surface area contributed by atoms with Crippen molar-refractivity contribution in [1.29, 1.82) is 0 Å². The number of hydrogen-bond donors (Lipinski definition) is 2. The van der Waals surface area contributed by atoms with E-state index >= 15 is 0 Å². The summed E-state index contributed by atoms with van der Waals surface area (Å²) in [6.07, 6.45) is 2.11. The number of rotatable bonds is 6. The standard InChI is InChI=1S/C14H32N4/c1-5-12(15)9-17-7-8-18(10-13(16)6-2)14(3,4)11-17/h12-13H,5-11,15-16H2,1-4H3. The minimum atomic E-state index is 0.207. The third kappa shape index (κ3) is 4.50. The Labute approximate surface area is 113 Å². The Balaban J connectivity index is 2.50. The molecule has 18 heavy (non-hydrogen) atoms. The molecule has 4 N–H and O–H groups in total. The van der Waals surface area contributed by atoms with E-state index < -0.39 is 0 Å². The molecule has 108 valence electrons. The summed E-state index contributed by atoms with van der Waals surface area (Å²) in [4.78, 5) is 5.04. The smallest absolute Gasteiger partial charge is 0.0281 e. The molecule has 0 aliphatic carbocycles. The first-order chi connectivity index (χ1) is 8.39. The second-order valence-electron chi connectivity index (χ2n) is 6.33.